The number of benzene rings is 1. The maximum absolute atomic E-state index is 13.0. The average molecular weight is 367 g/mol. The van der Waals surface area contributed by atoms with Crippen molar-refractivity contribution in [3.63, 3.8) is 0 Å². The Morgan fingerprint density at radius 1 is 1.22 bits per heavy atom. The summed E-state index contributed by atoms with van der Waals surface area (Å²) < 4.78 is 13.0. The molecule has 0 radical (unpaired) electrons. The molecule has 0 saturated carbocycles. The minimum Gasteiger partial charge on any atom is -0.339 e. The Labute approximate surface area is 158 Å². The van der Waals surface area contributed by atoms with E-state index < -0.39 is 0 Å². The molecule has 0 spiro atoms. The van der Waals surface area contributed by atoms with Crippen molar-refractivity contribution >= 4 is 11.9 Å². The topological polar surface area (TPSA) is 73.1 Å². The number of amides is 1. The zero-order valence-corrected chi connectivity index (χ0v) is 15.5. The molecule has 1 aliphatic heterocycles. The highest BCUT2D eigenvalue weighted by Crippen LogP contribution is 2.21. The molecule has 140 valence electrons. The van der Waals surface area contributed by atoms with Crippen LogP contribution in [0.1, 0.15) is 36.2 Å². The van der Waals surface area contributed by atoms with E-state index in [-0.39, 0.29) is 17.6 Å². The van der Waals surface area contributed by atoms with E-state index in [1.54, 1.807) is 18.2 Å². The summed E-state index contributed by atoms with van der Waals surface area (Å²) in [6.07, 6.45) is 0.394. The summed E-state index contributed by atoms with van der Waals surface area (Å²) >= 11 is 0. The van der Waals surface area contributed by atoms with Gasteiger partial charge >= 0.3 is 0 Å². The van der Waals surface area contributed by atoms with Crippen molar-refractivity contribution in [2.45, 2.75) is 26.2 Å². The van der Waals surface area contributed by atoms with Crippen molar-refractivity contribution in [1.29, 1.82) is 5.26 Å². The first-order chi connectivity index (χ1) is 13.0. The van der Waals surface area contributed by atoms with Gasteiger partial charge in [0.25, 0.3) is 0 Å². The molecule has 6 nitrogen and oxygen atoms in total. The molecule has 1 amide bonds. The fourth-order valence-electron chi connectivity index (χ4n) is 3.21. The van der Waals surface area contributed by atoms with Crippen molar-refractivity contribution in [2.75, 3.05) is 31.1 Å². The second-order valence-corrected chi connectivity index (χ2v) is 6.83. The van der Waals surface area contributed by atoms with E-state index in [2.05, 4.69) is 9.97 Å². The number of rotatable bonds is 4. The van der Waals surface area contributed by atoms with Crippen molar-refractivity contribution in [3.8, 4) is 6.07 Å². The summed E-state index contributed by atoms with van der Waals surface area (Å²) in [6.45, 7) is 6.26. The van der Waals surface area contributed by atoms with Crippen LogP contribution in [0.4, 0.5) is 10.3 Å². The van der Waals surface area contributed by atoms with Gasteiger partial charge in [-0.15, -0.1) is 0 Å². The molecule has 1 aliphatic rings. The monoisotopic (exact) mass is 367 g/mol. The number of carbonyl (C=O) groups is 1. The van der Waals surface area contributed by atoms with E-state index in [4.69, 9.17) is 5.26 Å². The standard InChI is InChI=1S/C20H22FN5O/c1-14(16-3-5-17(21)6-4-16)11-19(27)25-7-9-26(10-8-25)20-23-15(2)12-18(13-22)24-20/h3-6,12,14H,7-11H2,1-2H3. The van der Waals surface area contributed by atoms with Gasteiger partial charge in [0.1, 0.15) is 17.6 Å². The van der Waals surface area contributed by atoms with Crippen molar-refractivity contribution in [1.82, 2.24) is 14.9 Å². The predicted molar refractivity (Wildman–Crippen MR) is 99.7 cm³/mol. The lowest BCUT2D eigenvalue weighted by Crippen LogP contribution is -2.49. The molecule has 1 fully saturated rings. The van der Waals surface area contributed by atoms with Gasteiger partial charge in [-0.1, -0.05) is 19.1 Å². The highest BCUT2D eigenvalue weighted by Gasteiger charge is 2.24. The summed E-state index contributed by atoms with van der Waals surface area (Å²) in [5, 5.41) is 9.06. The summed E-state index contributed by atoms with van der Waals surface area (Å²) in [6, 6.07) is 10.0. The van der Waals surface area contributed by atoms with Gasteiger partial charge in [-0.05, 0) is 36.6 Å². The first-order valence-corrected chi connectivity index (χ1v) is 9.00. The summed E-state index contributed by atoms with van der Waals surface area (Å²) in [4.78, 5) is 25.1. The van der Waals surface area contributed by atoms with Crippen LogP contribution >= 0.6 is 0 Å². The Kier molecular flexibility index (Phi) is 5.65. The molecule has 1 saturated heterocycles. The largest absolute Gasteiger partial charge is 0.339 e. The van der Waals surface area contributed by atoms with Crippen LogP contribution in [0.15, 0.2) is 30.3 Å². The Bertz CT molecular complexity index is 854. The lowest BCUT2D eigenvalue weighted by Gasteiger charge is -2.35. The Morgan fingerprint density at radius 3 is 2.52 bits per heavy atom. The summed E-state index contributed by atoms with van der Waals surface area (Å²) in [5.74, 6) is 0.397. The number of aromatic nitrogens is 2. The lowest BCUT2D eigenvalue weighted by atomic mass is 9.97. The van der Waals surface area contributed by atoms with E-state index in [9.17, 15) is 9.18 Å². The number of anilines is 1. The molecule has 0 bridgehead atoms. The first kappa shape index (κ1) is 18.8. The maximum atomic E-state index is 13.0. The predicted octanol–water partition coefficient (Wildman–Crippen LogP) is 2.64. The third kappa shape index (κ3) is 4.59. The van der Waals surface area contributed by atoms with Crippen LogP contribution in [0, 0.1) is 24.1 Å². The van der Waals surface area contributed by atoms with Gasteiger partial charge in [-0.25, -0.2) is 14.4 Å². The lowest BCUT2D eigenvalue weighted by molar-refractivity contribution is -0.131. The van der Waals surface area contributed by atoms with Crippen molar-refractivity contribution in [2.24, 2.45) is 0 Å². The number of aryl methyl sites for hydroxylation is 1. The van der Waals surface area contributed by atoms with E-state index >= 15 is 0 Å². The smallest absolute Gasteiger partial charge is 0.226 e. The average Bonchev–Trinajstić information content (AvgIpc) is 2.68. The Hall–Kier alpha value is -3.01. The van der Waals surface area contributed by atoms with Gasteiger partial charge in [0.15, 0.2) is 0 Å². The molecule has 7 heteroatoms. The van der Waals surface area contributed by atoms with Crippen molar-refractivity contribution < 1.29 is 9.18 Å². The maximum Gasteiger partial charge on any atom is 0.226 e. The van der Waals surface area contributed by atoms with E-state index in [1.807, 2.05) is 29.7 Å². The van der Waals surface area contributed by atoms with Gasteiger partial charge in [0.2, 0.25) is 11.9 Å². The highest BCUT2D eigenvalue weighted by atomic mass is 19.1. The van der Waals surface area contributed by atoms with Crippen LogP contribution in [0.5, 0.6) is 0 Å². The number of carbonyl (C=O) groups excluding carboxylic acids is 1. The van der Waals surface area contributed by atoms with E-state index in [0.717, 1.165) is 11.3 Å². The number of piperazine rings is 1. The fourth-order valence-corrected chi connectivity index (χ4v) is 3.21. The SMILES string of the molecule is Cc1cc(C#N)nc(N2CCN(C(=O)CC(C)c3ccc(F)cc3)CC2)n1. The third-order valence-electron chi connectivity index (χ3n) is 4.79. The van der Waals surface area contributed by atoms with E-state index in [0.29, 0.717) is 44.2 Å². The van der Waals surface area contributed by atoms with Gasteiger partial charge < -0.3 is 9.80 Å². The van der Waals surface area contributed by atoms with Crippen LogP contribution in [0.3, 0.4) is 0 Å². The molecule has 27 heavy (non-hydrogen) atoms. The molecule has 2 heterocycles. The molecule has 3 rings (SSSR count). The number of hydrogen-bond acceptors (Lipinski definition) is 5. The van der Waals surface area contributed by atoms with Gasteiger partial charge in [0, 0.05) is 38.3 Å². The van der Waals surface area contributed by atoms with Crippen LogP contribution < -0.4 is 4.90 Å². The highest BCUT2D eigenvalue weighted by molar-refractivity contribution is 5.77. The quantitative estimate of drug-likeness (QED) is 0.831. The molecule has 1 aromatic carbocycles. The van der Waals surface area contributed by atoms with Crippen LogP contribution in [-0.2, 0) is 4.79 Å². The van der Waals surface area contributed by atoms with Crippen LogP contribution in [0.2, 0.25) is 0 Å². The zero-order valence-electron chi connectivity index (χ0n) is 15.5. The third-order valence-corrected chi connectivity index (χ3v) is 4.79. The second-order valence-electron chi connectivity index (χ2n) is 6.83. The van der Waals surface area contributed by atoms with Crippen molar-refractivity contribution in [3.05, 3.63) is 53.1 Å². The molecule has 0 N–H and O–H groups in total. The number of hydrogen-bond donors (Lipinski definition) is 0. The van der Waals surface area contributed by atoms with Gasteiger partial charge in [-0.2, -0.15) is 5.26 Å². The minimum atomic E-state index is -0.272. The molecule has 2 aromatic rings. The molecule has 1 atom stereocenters. The normalized spacial score (nSPS) is 15.3. The zero-order chi connectivity index (χ0) is 19.4. The molecular weight excluding hydrogens is 345 g/mol. The van der Waals surface area contributed by atoms with Gasteiger partial charge in [0.05, 0.1) is 0 Å². The Morgan fingerprint density at radius 2 is 1.89 bits per heavy atom. The fraction of sp³-hybridized carbons (Fsp3) is 0.400. The number of nitrogens with zero attached hydrogens (tertiary/aromatic N) is 5. The van der Waals surface area contributed by atoms with Crippen LogP contribution in [-0.4, -0.2) is 47.0 Å². The van der Waals surface area contributed by atoms with E-state index in [1.165, 1.54) is 12.1 Å². The summed E-state index contributed by atoms with van der Waals surface area (Å²) in [7, 11) is 0. The Balaban J connectivity index is 1.57. The second kappa shape index (κ2) is 8.12. The number of halogens is 1. The van der Waals surface area contributed by atoms with Crippen LogP contribution in [0.25, 0.3) is 0 Å². The molecule has 0 aliphatic carbocycles. The molecular formula is C20H22FN5O. The molecule has 1 aromatic heterocycles. The number of nitriles is 1. The summed E-state index contributed by atoms with van der Waals surface area (Å²) in [5.41, 5.74) is 2.06. The first-order valence-electron chi connectivity index (χ1n) is 9.00. The minimum absolute atomic E-state index is 0.0365. The van der Waals surface area contributed by atoms with Gasteiger partial charge in [-0.3, -0.25) is 4.79 Å². The molecule has 1 unspecified atom stereocenters.